The molecule has 120 valence electrons. The normalized spacial score (nSPS) is 20.8. The van der Waals surface area contributed by atoms with Crippen molar-refractivity contribution in [1.82, 2.24) is 15.3 Å². The maximum Gasteiger partial charge on any atom is 0.275 e. The number of anilines is 1. The van der Waals surface area contributed by atoms with E-state index in [0.29, 0.717) is 12.6 Å². The highest BCUT2D eigenvalue weighted by Gasteiger charge is 2.24. The lowest BCUT2D eigenvalue weighted by Gasteiger charge is -2.32. The second-order valence-electron chi connectivity index (χ2n) is 6.37. The zero-order chi connectivity index (χ0) is 15.2. The molecule has 2 heterocycles. The molecule has 1 aliphatic heterocycles. The third-order valence-electron chi connectivity index (χ3n) is 4.69. The average Bonchev–Trinajstić information content (AvgIpc) is 2.57. The summed E-state index contributed by atoms with van der Waals surface area (Å²) in [6.45, 7) is 4.36. The summed E-state index contributed by atoms with van der Waals surface area (Å²) in [4.78, 5) is 24.3. The van der Waals surface area contributed by atoms with Gasteiger partial charge in [0, 0.05) is 18.4 Å². The number of piperazine rings is 1. The Morgan fingerprint density at radius 3 is 2.55 bits per heavy atom. The van der Waals surface area contributed by atoms with Gasteiger partial charge in [0.25, 0.3) is 5.91 Å². The molecule has 0 aromatic carbocycles. The van der Waals surface area contributed by atoms with Crippen LogP contribution in [0.25, 0.3) is 0 Å². The van der Waals surface area contributed by atoms with Crippen LogP contribution >= 0.6 is 0 Å². The van der Waals surface area contributed by atoms with E-state index in [1.807, 2.05) is 6.07 Å². The summed E-state index contributed by atoms with van der Waals surface area (Å²) in [5.41, 5.74) is 0. The average molecular weight is 304 g/mol. The molecule has 6 nitrogen and oxygen atoms in total. The molecule has 1 amide bonds. The maximum atomic E-state index is 12.2. The van der Waals surface area contributed by atoms with Gasteiger partial charge < -0.3 is 15.1 Å². The second-order valence-corrected chi connectivity index (χ2v) is 6.37. The number of nitrogens with one attached hydrogen (secondary N) is 2. The van der Waals surface area contributed by atoms with Gasteiger partial charge in [-0.2, -0.15) is 0 Å². The van der Waals surface area contributed by atoms with Crippen LogP contribution in [0.5, 0.6) is 0 Å². The van der Waals surface area contributed by atoms with Crippen molar-refractivity contribution in [2.75, 3.05) is 37.6 Å². The number of quaternary nitrogens is 1. The second kappa shape index (κ2) is 7.54. The first kappa shape index (κ1) is 15.2. The molecule has 22 heavy (non-hydrogen) atoms. The Kier molecular flexibility index (Phi) is 5.21. The van der Waals surface area contributed by atoms with Crippen LogP contribution < -0.4 is 15.1 Å². The van der Waals surface area contributed by atoms with Gasteiger partial charge in [-0.15, -0.1) is 0 Å². The van der Waals surface area contributed by atoms with Gasteiger partial charge in [0.2, 0.25) is 5.95 Å². The molecule has 2 fully saturated rings. The highest BCUT2D eigenvalue weighted by atomic mass is 16.2. The Morgan fingerprint density at radius 2 is 1.86 bits per heavy atom. The summed E-state index contributed by atoms with van der Waals surface area (Å²) in [6, 6.07) is 2.25. The topological polar surface area (TPSA) is 62.6 Å². The molecule has 0 unspecified atom stereocenters. The molecule has 3 rings (SSSR count). The van der Waals surface area contributed by atoms with Gasteiger partial charge in [-0.25, -0.2) is 9.97 Å². The van der Waals surface area contributed by atoms with E-state index in [0.717, 1.165) is 45.0 Å². The van der Waals surface area contributed by atoms with Crippen molar-refractivity contribution in [1.29, 1.82) is 0 Å². The molecule has 0 atom stereocenters. The van der Waals surface area contributed by atoms with Gasteiger partial charge in [-0.05, 0) is 18.9 Å². The van der Waals surface area contributed by atoms with Crippen LogP contribution in [0.4, 0.5) is 5.95 Å². The van der Waals surface area contributed by atoms with E-state index in [2.05, 4.69) is 20.2 Å². The lowest BCUT2D eigenvalue weighted by Crippen LogP contribution is -3.16. The van der Waals surface area contributed by atoms with E-state index >= 15 is 0 Å². The molecular weight excluding hydrogens is 278 g/mol. The summed E-state index contributed by atoms with van der Waals surface area (Å²) in [5, 5.41) is 3.21. The number of nitrogens with zero attached hydrogens (tertiary/aromatic N) is 3. The van der Waals surface area contributed by atoms with Gasteiger partial charge >= 0.3 is 0 Å². The summed E-state index contributed by atoms with van der Waals surface area (Å²) in [5.74, 6) is 1.01. The van der Waals surface area contributed by atoms with Crippen molar-refractivity contribution in [3.8, 4) is 0 Å². The highest BCUT2D eigenvalue weighted by molar-refractivity contribution is 5.77. The molecular formula is C16H26N5O+. The molecule has 1 saturated heterocycles. The van der Waals surface area contributed by atoms with E-state index in [-0.39, 0.29) is 5.91 Å². The number of hydrogen-bond donors (Lipinski definition) is 2. The monoisotopic (exact) mass is 304 g/mol. The lowest BCUT2D eigenvalue weighted by atomic mass is 9.95. The third kappa shape index (κ3) is 4.16. The molecule has 1 aromatic rings. The zero-order valence-electron chi connectivity index (χ0n) is 13.1. The summed E-state index contributed by atoms with van der Waals surface area (Å²) >= 11 is 0. The van der Waals surface area contributed by atoms with Gasteiger partial charge in [-0.3, -0.25) is 4.79 Å². The predicted molar refractivity (Wildman–Crippen MR) is 84.8 cm³/mol. The van der Waals surface area contributed by atoms with Crippen molar-refractivity contribution in [2.24, 2.45) is 0 Å². The maximum absolute atomic E-state index is 12.2. The summed E-state index contributed by atoms with van der Waals surface area (Å²) in [6.07, 6.45) is 9.70. The minimum Gasteiger partial charge on any atom is -0.348 e. The molecule has 0 bridgehead atoms. The number of rotatable bonds is 4. The molecule has 1 aromatic heterocycles. The SMILES string of the molecule is O=C(C[NH+]1CCN(c2ncccn2)CC1)NC1CCCCC1. The van der Waals surface area contributed by atoms with Crippen molar-refractivity contribution in [3.05, 3.63) is 18.5 Å². The molecule has 0 spiro atoms. The Hall–Kier alpha value is -1.69. The molecule has 0 radical (unpaired) electrons. The summed E-state index contributed by atoms with van der Waals surface area (Å²) < 4.78 is 0. The van der Waals surface area contributed by atoms with E-state index in [1.165, 1.54) is 24.2 Å². The van der Waals surface area contributed by atoms with Crippen LogP contribution in [-0.4, -0.2) is 54.6 Å². The minimum absolute atomic E-state index is 0.214. The van der Waals surface area contributed by atoms with Crippen molar-refractivity contribution < 1.29 is 9.69 Å². The van der Waals surface area contributed by atoms with Gasteiger partial charge in [0.05, 0.1) is 26.2 Å². The fraction of sp³-hybridized carbons (Fsp3) is 0.688. The number of carbonyl (C=O) groups is 1. The third-order valence-corrected chi connectivity index (χ3v) is 4.69. The number of aromatic nitrogens is 2. The van der Waals surface area contributed by atoms with Crippen molar-refractivity contribution >= 4 is 11.9 Å². The lowest BCUT2D eigenvalue weighted by molar-refractivity contribution is -0.892. The van der Waals surface area contributed by atoms with Crippen LogP contribution in [0.1, 0.15) is 32.1 Å². The Balaban J connectivity index is 1.41. The molecule has 2 N–H and O–H groups in total. The fourth-order valence-corrected chi connectivity index (χ4v) is 3.41. The van der Waals surface area contributed by atoms with Crippen molar-refractivity contribution in [2.45, 2.75) is 38.1 Å². The smallest absolute Gasteiger partial charge is 0.275 e. The van der Waals surface area contributed by atoms with Crippen LogP contribution in [-0.2, 0) is 4.79 Å². The van der Waals surface area contributed by atoms with Gasteiger partial charge in [0.15, 0.2) is 6.54 Å². The molecule has 2 aliphatic rings. The fourth-order valence-electron chi connectivity index (χ4n) is 3.41. The predicted octanol–water partition coefficient (Wildman–Crippen LogP) is -0.370. The van der Waals surface area contributed by atoms with E-state index in [1.54, 1.807) is 12.4 Å². The van der Waals surface area contributed by atoms with E-state index in [9.17, 15) is 4.79 Å². The van der Waals surface area contributed by atoms with Crippen molar-refractivity contribution in [3.63, 3.8) is 0 Å². The molecule has 1 saturated carbocycles. The van der Waals surface area contributed by atoms with Crippen LogP contribution in [0.3, 0.4) is 0 Å². The highest BCUT2D eigenvalue weighted by Crippen LogP contribution is 2.17. The summed E-state index contributed by atoms with van der Waals surface area (Å²) in [7, 11) is 0. The number of amides is 1. The van der Waals surface area contributed by atoms with Gasteiger partial charge in [0.1, 0.15) is 0 Å². The first-order chi connectivity index (χ1) is 10.8. The Bertz CT molecular complexity index is 467. The quantitative estimate of drug-likeness (QED) is 0.797. The number of carbonyl (C=O) groups excluding carboxylic acids is 1. The minimum atomic E-state index is 0.214. The zero-order valence-corrected chi connectivity index (χ0v) is 13.1. The molecule has 6 heteroatoms. The van der Waals surface area contributed by atoms with Crippen LogP contribution in [0.2, 0.25) is 0 Å². The molecule has 1 aliphatic carbocycles. The number of hydrogen-bond acceptors (Lipinski definition) is 4. The Labute approximate surface area is 131 Å². The first-order valence-corrected chi connectivity index (χ1v) is 8.46. The van der Waals surface area contributed by atoms with Gasteiger partial charge in [-0.1, -0.05) is 19.3 Å². The Morgan fingerprint density at radius 1 is 1.18 bits per heavy atom. The van der Waals surface area contributed by atoms with E-state index < -0.39 is 0 Å². The van der Waals surface area contributed by atoms with Crippen LogP contribution in [0.15, 0.2) is 18.5 Å². The standard InChI is InChI=1S/C16H25N5O/c22-15(19-14-5-2-1-3-6-14)13-20-9-11-21(12-10-20)16-17-7-4-8-18-16/h4,7-8,14H,1-3,5-6,9-13H2,(H,19,22)/p+1. The first-order valence-electron chi connectivity index (χ1n) is 8.46. The van der Waals surface area contributed by atoms with Crippen LogP contribution in [0, 0.1) is 0 Å². The van der Waals surface area contributed by atoms with E-state index in [4.69, 9.17) is 0 Å². The largest absolute Gasteiger partial charge is 0.348 e.